The van der Waals surface area contributed by atoms with Gasteiger partial charge in [0.25, 0.3) is 0 Å². The van der Waals surface area contributed by atoms with E-state index in [1.165, 1.54) is 6.08 Å². The van der Waals surface area contributed by atoms with Gasteiger partial charge < -0.3 is 9.47 Å². The van der Waals surface area contributed by atoms with Crippen LogP contribution in [0.1, 0.15) is 22.3 Å². The van der Waals surface area contributed by atoms with Crippen LogP contribution in [0.2, 0.25) is 0 Å². The first-order chi connectivity index (χ1) is 11.5. The van der Waals surface area contributed by atoms with Crippen molar-refractivity contribution in [3.63, 3.8) is 0 Å². The van der Waals surface area contributed by atoms with Gasteiger partial charge in [0.2, 0.25) is 0 Å². The molecule has 0 aliphatic rings. The van der Waals surface area contributed by atoms with Gasteiger partial charge in [-0.1, -0.05) is 35.9 Å². The predicted octanol–water partition coefficient (Wildman–Crippen LogP) is 3.96. The van der Waals surface area contributed by atoms with Crippen LogP contribution in [-0.2, 0) is 16.1 Å². The zero-order valence-corrected chi connectivity index (χ0v) is 14.0. The number of nitriles is 1. The molecule has 4 nitrogen and oxygen atoms in total. The summed E-state index contributed by atoms with van der Waals surface area (Å²) >= 11 is 0. The Hall–Kier alpha value is -3.06. The molecule has 2 rings (SSSR count). The zero-order chi connectivity index (χ0) is 17.5. The largest absolute Gasteiger partial charge is 0.497 e. The number of ether oxygens (including phenoxy) is 2. The molecule has 122 valence electrons. The molecule has 0 fully saturated rings. The Morgan fingerprint density at radius 2 is 1.88 bits per heavy atom. The third kappa shape index (κ3) is 4.47. The Morgan fingerprint density at radius 1 is 1.17 bits per heavy atom. The van der Waals surface area contributed by atoms with E-state index in [2.05, 4.69) is 0 Å². The molecule has 0 heterocycles. The van der Waals surface area contributed by atoms with Crippen molar-refractivity contribution in [2.75, 3.05) is 7.11 Å². The van der Waals surface area contributed by atoms with Gasteiger partial charge in [0.15, 0.2) is 0 Å². The highest BCUT2D eigenvalue weighted by Crippen LogP contribution is 2.16. The van der Waals surface area contributed by atoms with Crippen molar-refractivity contribution in [1.82, 2.24) is 0 Å². The highest BCUT2D eigenvalue weighted by Gasteiger charge is 2.12. The Kier molecular flexibility index (Phi) is 5.75. The summed E-state index contributed by atoms with van der Waals surface area (Å²) in [6.45, 7) is 4.09. The van der Waals surface area contributed by atoms with Crippen LogP contribution in [0.4, 0.5) is 0 Å². The van der Waals surface area contributed by atoms with Crippen LogP contribution in [0.25, 0.3) is 6.08 Å². The van der Waals surface area contributed by atoms with Gasteiger partial charge in [-0.25, -0.2) is 4.79 Å². The summed E-state index contributed by atoms with van der Waals surface area (Å²) in [7, 11) is 1.58. The first-order valence-corrected chi connectivity index (χ1v) is 7.52. The van der Waals surface area contributed by atoms with E-state index >= 15 is 0 Å². The normalized spacial score (nSPS) is 10.8. The van der Waals surface area contributed by atoms with Crippen molar-refractivity contribution in [1.29, 1.82) is 5.26 Å². The lowest BCUT2D eigenvalue weighted by atomic mass is 10.1. The van der Waals surface area contributed by atoms with E-state index in [0.717, 1.165) is 22.3 Å². The fraction of sp³-hybridized carbons (Fsp3) is 0.200. The van der Waals surface area contributed by atoms with Gasteiger partial charge in [0.05, 0.1) is 7.11 Å². The SMILES string of the molecule is COc1ccc(/C=C(\C#N)C(=O)OCc2cc(C)ccc2C)cc1. The summed E-state index contributed by atoms with van der Waals surface area (Å²) in [6.07, 6.45) is 1.50. The van der Waals surface area contributed by atoms with Crippen LogP contribution in [-0.4, -0.2) is 13.1 Å². The highest BCUT2D eigenvalue weighted by atomic mass is 16.5. The van der Waals surface area contributed by atoms with Crippen LogP contribution >= 0.6 is 0 Å². The smallest absolute Gasteiger partial charge is 0.349 e. The third-order valence-electron chi connectivity index (χ3n) is 3.63. The summed E-state index contributed by atoms with van der Waals surface area (Å²) < 4.78 is 10.4. The minimum Gasteiger partial charge on any atom is -0.497 e. The Balaban J connectivity index is 2.09. The summed E-state index contributed by atoms with van der Waals surface area (Å²) in [5.41, 5.74) is 3.78. The van der Waals surface area contributed by atoms with E-state index in [0.29, 0.717) is 5.75 Å². The second-order valence-corrected chi connectivity index (χ2v) is 5.45. The van der Waals surface area contributed by atoms with Crippen molar-refractivity contribution >= 4 is 12.0 Å². The zero-order valence-electron chi connectivity index (χ0n) is 14.0. The number of hydrogen-bond acceptors (Lipinski definition) is 4. The van der Waals surface area contributed by atoms with Crippen LogP contribution < -0.4 is 4.74 Å². The number of methoxy groups -OCH3 is 1. The predicted molar refractivity (Wildman–Crippen MR) is 92.3 cm³/mol. The summed E-state index contributed by atoms with van der Waals surface area (Å²) in [5, 5.41) is 9.21. The summed E-state index contributed by atoms with van der Waals surface area (Å²) in [6, 6.07) is 14.9. The molecule has 0 bridgehead atoms. The molecule has 24 heavy (non-hydrogen) atoms. The quantitative estimate of drug-likeness (QED) is 0.475. The number of carbonyl (C=O) groups is 1. The minimum atomic E-state index is -0.630. The number of aryl methyl sites for hydroxylation is 2. The van der Waals surface area contributed by atoms with Crippen molar-refractivity contribution in [2.45, 2.75) is 20.5 Å². The molecule has 2 aromatic carbocycles. The minimum absolute atomic E-state index is 0.0366. The number of hydrogen-bond donors (Lipinski definition) is 0. The number of esters is 1. The Labute approximate surface area is 141 Å². The molecule has 4 heteroatoms. The molecular weight excluding hydrogens is 302 g/mol. The molecule has 0 atom stereocenters. The molecular formula is C20H19NO3. The molecule has 0 saturated heterocycles. The van der Waals surface area contributed by atoms with Crippen LogP contribution in [0.3, 0.4) is 0 Å². The van der Waals surface area contributed by atoms with Gasteiger partial charge in [-0.3, -0.25) is 0 Å². The molecule has 0 amide bonds. The number of nitrogens with zero attached hydrogens (tertiary/aromatic N) is 1. The number of rotatable bonds is 5. The molecule has 2 aromatic rings. The standard InChI is InChI=1S/C20H19NO3/c1-14-4-5-15(2)18(10-14)13-24-20(22)17(12-21)11-16-6-8-19(23-3)9-7-16/h4-11H,13H2,1-3H3/b17-11+. The molecule has 0 unspecified atom stereocenters. The summed E-state index contributed by atoms with van der Waals surface area (Å²) in [5.74, 6) is 0.0809. The van der Waals surface area contributed by atoms with Crippen molar-refractivity contribution < 1.29 is 14.3 Å². The van der Waals surface area contributed by atoms with Crippen LogP contribution in [0, 0.1) is 25.2 Å². The lowest BCUT2D eigenvalue weighted by Gasteiger charge is -2.08. The average Bonchev–Trinajstić information content (AvgIpc) is 2.60. The van der Waals surface area contributed by atoms with Gasteiger partial charge in [-0.2, -0.15) is 5.26 Å². The molecule has 0 N–H and O–H groups in total. The van der Waals surface area contributed by atoms with Crippen molar-refractivity contribution in [3.05, 3.63) is 70.3 Å². The average molecular weight is 321 g/mol. The fourth-order valence-corrected chi connectivity index (χ4v) is 2.18. The van der Waals surface area contributed by atoms with Gasteiger partial charge in [0.1, 0.15) is 24.0 Å². The third-order valence-corrected chi connectivity index (χ3v) is 3.63. The maximum absolute atomic E-state index is 12.1. The molecule has 0 spiro atoms. The lowest BCUT2D eigenvalue weighted by molar-refractivity contribution is -0.139. The first-order valence-electron chi connectivity index (χ1n) is 7.52. The van der Waals surface area contributed by atoms with E-state index in [1.54, 1.807) is 31.4 Å². The fourth-order valence-electron chi connectivity index (χ4n) is 2.18. The maximum Gasteiger partial charge on any atom is 0.349 e. The Bertz CT molecular complexity index is 799. The van der Waals surface area contributed by atoms with Crippen molar-refractivity contribution in [2.24, 2.45) is 0 Å². The van der Waals surface area contributed by atoms with E-state index in [1.807, 2.05) is 38.1 Å². The maximum atomic E-state index is 12.1. The second kappa shape index (κ2) is 7.98. The summed E-state index contributed by atoms with van der Waals surface area (Å²) in [4.78, 5) is 12.1. The number of carbonyl (C=O) groups excluding carboxylic acids is 1. The van der Waals surface area contributed by atoms with Crippen LogP contribution in [0.5, 0.6) is 5.75 Å². The van der Waals surface area contributed by atoms with E-state index in [-0.39, 0.29) is 12.2 Å². The van der Waals surface area contributed by atoms with E-state index < -0.39 is 5.97 Å². The monoisotopic (exact) mass is 321 g/mol. The van der Waals surface area contributed by atoms with Gasteiger partial charge >= 0.3 is 5.97 Å². The lowest BCUT2D eigenvalue weighted by Crippen LogP contribution is -2.07. The molecule has 0 aliphatic carbocycles. The Morgan fingerprint density at radius 3 is 2.50 bits per heavy atom. The molecule has 0 saturated carbocycles. The van der Waals surface area contributed by atoms with Crippen LogP contribution in [0.15, 0.2) is 48.0 Å². The van der Waals surface area contributed by atoms with Gasteiger partial charge in [-0.05, 0) is 48.7 Å². The van der Waals surface area contributed by atoms with Gasteiger partial charge in [0, 0.05) is 0 Å². The highest BCUT2D eigenvalue weighted by molar-refractivity contribution is 5.97. The second-order valence-electron chi connectivity index (χ2n) is 5.45. The van der Waals surface area contributed by atoms with Crippen molar-refractivity contribution in [3.8, 4) is 11.8 Å². The van der Waals surface area contributed by atoms with E-state index in [9.17, 15) is 10.1 Å². The van der Waals surface area contributed by atoms with Gasteiger partial charge in [-0.15, -0.1) is 0 Å². The topological polar surface area (TPSA) is 59.3 Å². The first kappa shape index (κ1) is 17.3. The molecule has 0 radical (unpaired) electrons. The molecule has 0 aromatic heterocycles. The van der Waals surface area contributed by atoms with E-state index in [4.69, 9.17) is 9.47 Å². The molecule has 0 aliphatic heterocycles. The number of benzene rings is 2.